The molecule has 0 radical (unpaired) electrons. The van der Waals surface area contributed by atoms with E-state index in [1.54, 1.807) is 0 Å². The number of rotatable bonds is 5. The topological polar surface area (TPSA) is 53.9 Å². The molecule has 0 unspecified atom stereocenters. The molecule has 0 spiro atoms. The zero-order chi connectivity index (χ0) is 9.56. The van der Waals surface area contributed by atoms with Gasteiger partial charge in [-0.25, -0.2) is 0 Å². The Hall–Kier alpha value is -0.0505. The summed E-state index contributed by atoms with van der Waals surface area (Å²) in [5.74, 6) is 2.00. The van der Waals surface area contributed by atoms with Crippen molar-refractivity contribution < 1.29 is 15.3 Å². The summed E-state index contributed by atoms with van der Waals surface area (Å²) in [5, 5.41) is 1.11. The summed E-state index contributed by atoms with van der Waals surface area (Å²) in [6.07, 6.45) is 0.844. The molecular formula is C8H18NO2Se+. The van der Waals surface area contributed by atoms with Crippen molar-refractivity contribution in [2.75, 3.05) is 0 Å². The molecule has 12 heavy (non-hydrogen) atoms. The van der Waals surface area contributed by atoms with Crippen LogP contribution < -0.4 is 5.73 Å². The van der Waals surface area contributed by atoms with Gasteiger partial charge in [-0.15, -0.1) is 0 Å². The number of ether oxygens (including phenoxy) is 1. The number of carbonyl (C=O) groups is 1. The maximum atomic E-state index is 11.2. The molecule has 0 saturated heterocycles. The fourth-order valence-electron chi connectivity index (χ4n) is 0.706. The van der Waals surface area contributed by atoms with E-state index in [4.69, 9.17) is 4.74 Å². The van der Waals surface area contributed by atoms with Crippen LogP contribution in [0, 0.1) is 0 Å². The number of carbonyl (C=O) groups excluding carboxylic acids is 1. The van der Waals surface area contributed by atoms with Gasteiger partial charge in [-0.2, -0.15) is 0 Å². The van der Waals surface area contributed by atoms with Gasteiger partial charge < -0.3 is 0 Å². The van der Waals surface area contributed by atoms with Gasteiger partial charge in [-0.3, -0.25) is 0 Å². The normalized spacial score (nSPS) is 13.1. The molecule has 0 bridgehead atoms. The Bertz CT molecular complexity index is 139. The molecule has 3 N–H and O–H groups in total. The first-order valence-corrected chi connectivity index (χ1v) is 7.03. The van der Waals surface area contributed by atoms with Gasteiger partial charge in [0.15, 0.2) is 0 Å². The van der Waals surface area contributed by atoms with E-state index in [9.17, 15) is 4.79 Å². The van der Waals surface area contributed by atoms with Gasteiger partial charge in [0.2, 0.25) is 0 Å². The molecule has 0 aromatic heterocycles. The van der Waals surface area contributed by atoms with Crippen molar-refractivity contribution in [1.82, 2.24) is 0 Å². The zero-order valence-electron chi connectivity index (χ0n) is 8.00. The van der Waals surface area contributed by atoms with Gasteiger partial charge in [0.05, 0.1) is 0 Å². The Labute approximate surface area is 80.2 Å². The van der Waals surface area contributed by atoms with E-state index in [0.29, 0.717) is 15.0 Å². The van der Waals surface area contributed by atoms with Crippen molar-refractivity contribution in [1.29, 1.82) is 0 Å². The molecule has 0 rings (SSSR count). The van der Waals surface area contributed by atoms with E-state index in [-0.39, 0.29) is 18.1 Å². The molecule has 0 aliphatic rings. The monoisotopic (exact) mass is 240 g/mol. The van der Waals surface area contributed by atoms with E-state index in [1.807, 2.05) is 13.8 Å². The molecule has 0 amide bonds. The number of esters is 1. The molecule has 0 aromatic carbocycles. The molecule has 3 nitrogen and oxygen atoms in total. The average molecular weight is 239 g/mol. The van der Waals surface area contributed by atoms with Crippen LogP contribution in [0.3, 0.4) is 0 Å². The van der Waals surface area contributed by atoms with E-state index >= 15 is 0 Å². The van der Waals surface area contributed by atoms with E-state index in [1.165, 1.54) is 0 Å². The first-order chi connectivity index (χ1) is 5.57. The Morgan fingerprint density at radius 1 is 1.58 bits per heavy atom. The van der Waals surface area contributed by atoms with Crippen LogP contribution in [0.5, 0.6) is 0 Å². The molecule has 0 aromatic rings. The summed E-state index contributed by atoms with van der Waals surface area (Å²) in [5.41, 5.74) is 3.76. The first-order valence-electron chi connectivity index (χ1n) is 4.10. The second-order valence-corrected chi connectivity index (χ2v) is 5.03. The third-order valence-electron chi connectivity index (χ3n) is 1.36. The van der Waals surface area contributed by atoms with Crippen LogP contribution in [0.1, 0.15) is 20.3 Å². The Morgan fingerprint density at radius 2 is 2.17 bits per heavy atom. The van der Waals surface area contributed by atoms with Crippen molar-refractivity contribution in [3.63, 3.8) is 0 Å². The molecule has 0 heterocycles. The minimum atomic E-state index is -0.172. The summed E-state index contributed by atoms with van der Waals surface area (Å²) >= 11 is 0.633. The van der Waals surface area contributed by atoms with Crippen molar-refractivity contribution >= 4 is 20.9 Å². The predicted octanol–water partition coefficient (Wildman–Crippen LogP) is 0.109. The van der Waals surface area contributed by atoms with E-state index in [2.05, 4.69) is 11.6 Å². The van der Waals surface area contributed by atoms with Crippen molar-refractivity contribution in [3.8, 4) is 0 Å². The van der Waals surface area contributed by atoms with Gasteiger partial charge in [0.25, 0.3) is 0 Å². The molecule has 0 aliphatic carbocycles. The standard InChI is InChI=1S/C8H17NO2Se/c1-6(2)11-8(10)7(9)4-5-12-3/h6-7H,4-5,9H2,1-3H3/p+1/t7-/m0/s1. The fourth-order valence-corrected chi connectivity index (χ4v) is 1.80. The maximum absolute atomic E-state index is 11.2. The van der Waals surface area contributed by atoms with E-state index in [0.717, 1.165) is 11.7 Å². The van der Waals surface area contributed by atoms with Crippen molar-refractivity contribution in [3.05, 3.63) is 0 Å². The van der Waals surface area contributed by atoms with Crippen LogP contribution in [0.2, 0.25) is 11.1 Å². The van der Waals surface area contributed by atoms with Gasteiger partial charge in [-0.1, -0.05) is 0 Å². The second-order valence-electron chi connectivity index (χ2n) is 2.96. The van der Waals surface area contributed by atoms with Crippen LogP contribution in [0.25, 0.3) is 0 Å². The van der Waals surface area contributed by atoms with Gasteiger partial charge in [0, 0.05) is 0 Å². The number of hydrogen-bond donors (Lipinski definition) is 1. The van der Waals surface area contributed by atoms with Crippen LogP contribution in [0.15, 0.2) is 0 Å². The average Bonchev–Trinajstić information content (AvgIpc) is 1.98. The quantitative estimate of drug-likeness (QED) is 0.547. The summed E-state index contributed by atoms with van der Waals surface area (Å²) in [6.45, 7) is 3.71. The number of quaternary nitrogens is 1. The molecule has 1 atom stereocenters. The van der Waals surface area contributed by atoms with Gasteiger partial charge >= 0.3 is 79.7 Å². The molecule has 0 saturated carbocycles. The fraction of sp³-hybridized carbons (Fsp3) is 0.875. The van der Waals surface area contributed by atoms with E-state index < -0.39 is 0 Å². The Kier molecular flexibility index (Phi) is 6.44. The zero-order valence-corrected chi connectivity index (χ0v) is 9.71. The summed E-state index contributed by atoms with van der Waals surface area (Å²) in [4.78, 5) is 11.2. The summed E-state index contributed by atoms with van der Waals surface area (Å²) in [7, 11) is 0. The third kappa shape index (κ3) is 5.58. The minimum absolute atomic E-state index is 0.0195. The second kappa shape index (κ2) is 6.46. The molecular weight excluding hydrogens is 221 g/mol. The molecule has 0 fully saturated rings. The van der Waals surface area contributed by atoms with Crippen molar-refractivity contribution in [2.24, 2.45) is 0 Å². The predicted molar refractivity (Wildman–Crippen MR) is 48.9 cm³/mol. The third-order valence-corrected chi connectivity index (χ3v) is 2.71. The van der Waals surface area contributed by atoms with Gasteiger partial charge in [0.1, 0.15) is 0 Å². The van der Waals surface area contributed by atoms with Crippen LogP contribution >= 0.6 is 0 Å². The Morgan fingerprint density at radius 3 is 2.58 bits per heavy atom. The van der Waals surface area contributed by atoms with Gasteiger partial charge in [-0.05, 0) is 0 Å². The number of hydrogen-bond acceptors (Lipinski definition) is 2. The molecule has 72 valence electrons. The first kappa shape index (κ1) is 11.9. The summed E-state index contributed by atoms with van der Waals surface area (Å²) < 4.78 is 5.01. The molecule has 0 aliphatic heterocycles. The van der Waals surface area contributed by atoms with Crippen LogP contribution in [-0.2, 0) is 9.53 Å². The summed E-state index contributed by atoms with van der Waals surface area (Å²) in [6, 6.07) is -0.172. The Balaban J connectivity index is 3.61. The van der Waals surface area contributed by atoms with Crippen molar-refractivity contribution in [2.45, 2.75) is 43.6 Å². The molecule has 4 heteroatoms. The van der Waals surface area contributed by atoms with Crippen LogP contribution in [-0.4, -0.2) is 33.1 Å². The van der Waals surface area contributed by atoms with Crippen LogP contribution in [0.4, 0.5) is 0 Å². The SMILES string of the molecule is C[Se]CC[C@H]([NH3+])C(=O)OC(C)C.